The van der Waals surface area contributed by atoms with Crippen molar-refractivity contribution in [3.63, 3.8) is 0 Å². The minimum absolute atomic E-state index is 0.238. The minimum atomic E-state index is 0.238. The smallest absolute Gasteiger partial charge is 0.0355 e. The van der Waals surface area contributed by atoms with Crippen molar-refractivity contribution in [1.29, 1.82) is 0 Å². The van der Waals surface area contributed by atoms with E-state index in [1.807, 2.05) is 0 Å². The van der Waals surface area contributed by atoms with Crippen molar-refractivity contribution in [2.75, 3.05) is 26.7 Å². The van der Waals surface area contributed by atoms with Crippen LogP contribution < -0.4 is 5.73 Å². The van der Waals surface area contributed by atoms with Crippen LogP contribution in [0.25, 0.3) is 0 Å². The van der Waals surface area contributed by atoms with E-state index < -0.39 is 0 Å². The fraction of sp³-hybridized carbons (Fsp3) is 1.00. The van der Waals surface area contributed by atoms with Gasteiger partial charge in [0.05, 0.1) is 0 Å². The van der Waals surface area contributed by atoms with Gasteiger partial charge in [-0.3, -0.25) is 4.90 Å². The molecular formula is C15H33N3. The molecule has 0 aromatic carbocycles. The predicted octanol–water partition coefficient (Wildman–Crippen LogP) is 2.31. The predicted molar refractivity (Wildman–Crippen MR) is 79.9 cm³/mol. The number of hydrogen-bond acceptors (Lipinski definition) is 3. The SMILES string of the molecule is CCC(CC)N(C)C1(CN)CCN(C(C)C)CC1. The van der Waals surface area contributed by atoms with Crippen LogP contribution in [0.5, 0.6) is 0 Å². The molecule has 18 heavy (non-hydrogen) atoms. The van der Waals surface area contributed by atoms with E-state index in [4.69, 9.17) is 5.73 Å². The summed E-state index contributed by atoms with van der Waals surface area (Å²) in [5, 5.41) is 0. The molecule has 3 nitrogen and oxygen atoms in total. The zero-order valence-electron chi connectivity index (χ0n) is 13.1. The molecule has 1 saturated heterocycles. The molecule has 1 aliphatic heterocycles. The Morgan fingerprint density at radius 3 is 2.00 bits per heavy atom. The number of likely N-dealkylation sites (N-methyl/N-ethyl adjacent to an activating group) is 1. The van der Waals surface area contributed by atoms with Crippen LogP contribution in [0.2, 0.25) is 0 Å². The maximum absolute atomic E-state index is 6.15. The quantitative estimate of drug-likeness (QED) is 0.790. The van der Waals surface area contributed by atoms with Gasteiger partial charge in [-0.15, -0.1) is 0 Å². The van der Waals surface area contributed by atoms with Crippen molar-refractivity contribution in [2.45, 2.75) is 71.0 Å². The van der Waals surface area contributed by atoms with Crippen LogP contribution in [0.4, 0.5) is 0 Å². The van der Waals surface area contributed by atoms with Gasteiger partial charge in [0.1, 0.15) is 0 Å². The highest BCUT2D eigenvalue weighted by molar-refractivity contribution is 4.97. The topological polar surface area (TPSA) is 32.5 Å². The summed E-state index contributed by atoms with van der Waals surface area (Å²) in [7, 11) is 2.29. The lowest BCUT2D eigenvalue weighted by Gasteiger charge is -2.50. The summed E-state index contributed by atoms with van der Waals surface area (Å²) in [5.74, 6) is 0. The zero-order chi connectivity index (χ0) is 13.8. The summed E-state index contributed by atoms with van der Waals surface area (Å²) in [6, 6.07) is 1.35. The molecule has 0 unspecified atom stereocenters. The Morgan fingerprint density at radius 1 is 1.17 bits per heavy atom. The van der Waals surface area contributed by atoms with Gasteiger partial charge in [0, 0.05) is 37.3 Å². The van der Waals surface area contributed by atoms with Gasteiger partial charge in [-0.25, -0.2) is 0 Å². The highest BCUT2D eigenvalue weighted by Gasteiger charge is 2.39. The fourth-order valence-corrected chi connectivity index (χ4v) is 3.38. The average Bonchev–Trinajstić information content (AvgIpc) is 2.40. The first-order valence-electron chi connectivity index (χ1n) is 7.67. The van der Waals surface area contributed by atoms with Gasteiger partial charge in [-0.05, 0) is 46.6 Å². The van der Waals surface area contributed by atoms with Crippen molar-refractivity contribution in [3.8, 4) is 0 Å². The summed E-state index contributed by atoms with van der Waals surface area (Å²) in [5.41, 5.74) is 6.39. The first-order valence-corrected chi connectivity index (χ1v) is 7.67. The summed E-state index contributed by atoms with van der Waals surface area (Å²) in [6.07, 6.45) is 4.88. The highest BCUT2D eigenvalue weighted by atomic mass is 15.3. The second-order valence-electron chi connectivity index (χ2n) is 6.14. The van der Waals surface area contributed by atoms with Crippen LogP contribution in [0.15, 0.2) is 0 Å². The second kappa shape index (κ2) is 6.88. The van der Waals surface area contributed by atoms with Crippen molar-refractivity contribution in [1.82, 2.24) is 9.80 Å². The van der Waals surface area contributed by atoms with E-state index >= 15 is 0 Å². The molecule has 1 rings (SSSR count). The van der Waals surface area contributed by atoms with Crippen molar-refractivity contribution in [2.24, 2.45) is 5.73 Å². The number of hydrogen-bond donors (Lipinski definition) is 1. The van der Waals surface area contributed by atoms with Crippen LogP contribution >= 0.6 is 0 Å². The summed E-state index contributed by atoms with van der Waals surface area (Å²) >= 11 is 0. The molecule has 0 aromatic rings. The first-order chi connectivity index (χ1) is 8.50. The molecule has 0 aliphatic carbocycles. The van der Waals surface area contributed by atoms with Crippen molar-refractivity contribution < 1.29 is 0 Å². The molecule has 0 spiro atoms. The standard InChI is InChI=1S/C15H33N3/c1-6-14(7-2)17(5)15(12-16)8-10-18(11-9-15)13(3)4/h13-14H,6-12,16H2,1-5H3. The van der Waals surface area contributed by atoms with E-state index in [1.54, 1.807) is 0 Å². The number of piperidine rings is 1. The average molecular weight is 255 g/mol. The molecule has 0 radical (unpaired) electrons. The van der Waals surface area contributed by atoms with Crippen LogP contribution in [-0.2, 0) is 0 Å². The molecular weight excluding hydrogens is 222 g/mol. The molecule has 1 heterocycles. The number of nitrogens with zero attached hydrogens (tertiary/aromatic N) is 2. The zero-order valence-corrected chi connectivity index (χ0v) is 13.1. The molecule has 0 atom stereocenters. The van der Waals surface area contributed by atoms with E-state index in [1.165, 1.54) is 38.8 Å². The number of nitrogens with two attached hydrogens (primary N) is 1. The lowest BCUT2D eigenvalue weighted by Crippen LogP contribution is -2.61. The van der Waals surface area contributed by atoms with Crippen LogP contribution in [-0.4, -0.2) is 54.1 Å². The van der Waals surface area contributed by atoms with E-state index in [-0.39, 0.29) is 5.54 Å². The summed E-state index contributed by atoms with van der Waals surface area (Å²) in [6.45, 7) is 12.3. The van der Waals surface area contributed by atoms with Gasteiger partial charge < -0.3 is 10.6 Å². The van der Waals surface area contributed by atoms with Gasteiger partial charge >= 0.3 is 0 Å². The molecule has 108 valence electrons. The molecule has 0 aromatic heterocycles. The van der Waals surface area contributed by atoms with Crippen molar-refractivity contribution >= 4 is 0 Å². The Labute approximate surface area is 114 Å². The lowest BCUT2D eigenvalue weighted by atomic mass is 9.84. The van der Waals surface area contributed by atoms with Gasteiger partial charge in [0.2, 0.25) is 0 Å². The lowest BCUT2D eigenvalue weighted by molar-refractivity contribution is 0.00640. The Hall–Kier alpha value is -0.120. The van der Waals surface area contributed by atoms with Crippen LogP contribution in [0, 0.1) is 0 Å². The van der Waals surface area contributed by atoms with E-state index in [0.29, 0.717) is 12.1 Å². The highest BCUT2D eigenvalue weighted by Crippen LogP contribution is 2.30. The van der Waals surface area contributed by atoms with Gasteiger partial charge in [-0.1, -0.05) is 13.8 Å². The maximum Gasteiger partial charge on any atom is 0.0355 e. The molecule has 1 aliphatic rings. The van der Waals surface area contributed by atoms with Crippen LogP contribution in [0.3, 0.4) is 0 Å². The third-order valence-electron chi connectivity index (χ3n) is 5.08. The Morgan fingerprint density at radius 2 is 1.67 bits per heavy atom. The second-order valence-corrected chi connectivity index (χ2v) is 6.14. The monoisotopic (exact) mass is 255 g/mol. The van der Waals surface area contributed by atoms with E-state index in [0.717, 1.165) is 6.54 Å². The number of rotatable bonds is 6. The molecule has 1 fully saturated rings. The normalized spacial score (nSPS) is 21.2. The fourth-order valence-electron chi connectivity index (χ4n) is 3.38. The minimum Gasteiger partial charge on any atom is -0.329 e. The third-order valence-corrected chi connectivity index (χ3v) is 5.08. The van der Waals surface area contributed by atoms with Gasteiger partial charge in [0.25, 0.3) is 0 Å². The molecule has 0 bridgehead atoms. The summed E-state index contributed by atoms with van der Waals surface area (Å²) in [4.78, 5) is 5.17. The Balaban J connectivity index is 2.70. The Bertz CT molecular complexity index is 228. The number of likely N-dealkylation sites (tertiary alicyclic amines) is 1. The van der Waals surface area contributed by atoms with Gasteiger partial charge in [0.15, 0.2) is 0 Å². The largest absolute Gasteiger partial charge is 0.329 e. The molecule has 3 heteroatoms. The third kappa shape index (κ3) is 3.25. The Kier molecular flexibility index (Phi) is 6.09. The molecule has 2 N–H and O–H groups in total. The molecule has 0 saturated carbocycles. The van der Waals surface area contributed by atoms with E-state index in [2.05, 4.69) is 44.5 Å². The van der Waals surface area contributed by atoms with Crippen molar-refractivity contribution in [3.05, 3.63) is 0 Å². The van der Waals surface area contributed by atoms with Gasteiger partial charge in [-0.2, -0.15) is 0 Å². The maximum atomic E-state index is 6.15. The van der Waals surface area contributed by atoms with Crippen LogP contribution in [0.1, 0.15) is 53.4 Å². The molecule has 0 amide bonds. The summed E-state index contributed by atoms with van der Waals surface area (Å²) < 4.78 is 0. The van der Waals surface area contributed by atoms with E-state index in [9.17, 15) is 0 Å². The first kappa shape index (κ1) is 15.9.